The number of hydrogen-bond acceptors (Lipinski definition) is 4. The van der Waals surface area contributed by atoms with Gasteiger partial charge in [0.05, 0.1) is 31.3 Å². The van der Waals surface area contributed by atoms with Crippen molar-refractivity contribution >= 4 is 5.91 Å². The fourth-order valence-electron chi connectivity index (χ4n) is 7.18. The standard InChI is InChI=1S/C47H91NO4/c1-3-5-7-9-11-13-15-17-18-19-20-21-22-23-24-25-26-27-29-30-32-34-36-38-40-44(50)42-47(52)48-45(43-49)46(51)41-39-37-35-33-31-28-16-14-12-10-8-6-4-2/h31,33,39,41,44-46,49-51H,3-30,32,34-38,40,42-43H2,1-2H3,(H,48,52)/b33-31+,41-39+. The highest BCUT2D eigenvalue weighted by molar-refractivity contribution is 5.76. The molecule has 0 fully saturated rings. The van der Waals surface area contributed by atoms with Gasteiger partial charge in [-0.05, 0) is 32.1 Å². The van der Waals surface area contributed by atoms with E-state index >= 15 is 0 Å². The zero-order valence-corrected chi connectivity index (χ0v) is 35.0. The number of allylic oxidation sites excluding steroid dienone is 3. The van der Waals surface area contributed by atoms with Crippen LogP contribution >= 0.6 is 0 Å². The molecule has 4 N–H and O–H groups in total. The van der Waals surface area contributed by atoms with Gasteiger partial charge in [0.25, 0.3) is 0 Å². The first-order chi connectivity index (χ1) is 25.5. The zero-order chi connectivity index (χ0) is 38.0. The van der Waals surface area contributed by atoms with Gasteiger partial charge in [0.1, 0.15) is 0 Å². The van der Waals surface area contributed by atoms with E-state index in [1.807, 2.05) is 6.08 Å². The van der Waals surface area contributed by atoms with Crippen LogP contribution in [0.5, 0.6) is 0 Å². The van der Waals surface area contributed by atoms with E-state index in [2.05, 4.69) is 31.3 Å². The van der Waals surface area contributed by atoms with Crippen LogP contribution < -0.4 is 5.32 Å². The van der Waals surface area contributed by atoms with Crippen molar-refractivity contribution in [3.8, 4) is 0 Å². The number of aliphatic hydroxyl groups excluding tert-OH is 3. The highest BCUT2D eigenvalue weighted by Crippen LogP contribution is 2.16. The molecule has 0 aromatic carbocycles. The van der Waals surface area contributed by atoms with E-state index in [1.165, 1.54) is 186 Å². The van der Waals surface area contributed by atoms with Crippen LogP contribution in [0.2, 0.25) is 0 Å². The number of aliphatic hydroxyl groups is 3. The monoisotopic (exact) mass is 734 g/mol. The summed E-state index contributed by atoms with van der Waals surface area (Å²) in [5, 5.41) is 33.2. The van der Waals surface area contributed by atoms with Crippen molar-refractivity contribution in [2.45, 2.75) is 263 Å². The van der Waals surface area contributed by atoms with E-state index in [9.17, 15) is 20.1 Å². The van der Waals surface area contributed by atoms with Crippen molar-refractivity contribution in [3.05, 3.63) is 24.3 Å². The van der Waals surface area contributed by atoms with Crippen molar-refractivity contribution < 1.29 is 20.1 Å². The van der Waals surface area contributed by atoms with Gasteiger partial charge < -0.3 is 20.6 Å². The molecule has 0 heterocycles. The van der Waals surface area contributed by atoms with Gasteiger partial charge in [-0.3, -0.25) is 4.79 Å². The minimum Gasteiger partial charge on any atom is -0.394 e. The molecule has 5 heteroatoms. The molecule has 0 aliphatic carbocycles. The first kappa shape index (κ1) is 50.8. The number of nitrogens with one attached hydrogen (secondary N) is 1. The Labute approximate surface area is 324 Å². The molecule has 5 nitrogen and oxygen atoms in total. The normalized spacial score (nSPS) is 13.7. The first-order valence-corrected chi connectivity index (χ1v) is 23.1. The van der Waals surface area contributed by atoms with Crippen LogP contribution in [0.1, 0.15) is 245 Å². The van der Waals surface area contributed by atoms with Gasteiger partial charge in [0, 0.05) is 0 Å². The Hall–Kier alpha value is -1.17. The molecular weight excluding hydrogens is 643 g/mol. The average molecular weight is 734 g/mol. The van der Waals surface area contributed by atoms with E-state index in [0.29, 0.717) is 6.42 Å². The topological polar surface area (TPSA) is 89.8 Å². The summed E-state index contributed by atoms with van der Waals surface area (Å²) < 4.78 is 0. The molecule has 0 aliphatic heterocycles. The van der Waals surface area contributed by atoms with E-state index in [-0.39, 0.29) is 18.9 Å². The number of rotatable bonds is 42. The number of unbranched alkanes of at least 4 members (excludes halogenated alkanes) is 31. The highest BCUT2D eigenvalue weighted by atomic mass is 16.3. The number of carbonyl (C=O) groups is 1. The molecule has 0 saturated heterocycles. The van der Waals surface area contributed by atoms with E-state index in [0.717, 1.165) is 32.1 Å². The summed E-state index contributed by atoms with van der Waals surface area (Å²) >= 11 is 0. The maximum absolute atomic E-state index is 12.4. The summed E-state index contributed by atoms with van der Waals surface area (Å²) in [6.07, 6.45) is 51.9. The second kappa shape index (κ2) is 42.6. The van der Waals surface area contributed by atoms with Gasteiger partial charge in [-0.1, -0.05) is 231 Å². The van der Waals surface area contributed by atoms with Crippen LogP contribution in [0.4, 0.5) is 0 Å². The molecule has 308 valence electrons. The maximum atomic E-state index is 12.4. The summed E-state index contributed by atoms with van der Waals surface area (Å²) in [5.74, 6) is -0.323. The number of amides is 1. The zero-order valence-electron chi connectivity index (χ0n) is 35.0. The second-order valence-corrected chi connectivity index (χ2v) is 16.0. The lowest BCUT2D eigenvalue weighted by molar-refractivity contribution is -0.124. The van der Waals surface area contributed by atoms with E-state index in [4.69, 9.17) is 0 Å². The predicted octanol–water partition coefficient (Wildman–Crippen LogP) is 13.4. The van der Waals surface area contributed by atoms with Gasteiger partial charge in [-0.15, -0.1) is 0 Å². The number of hydrogen-bond donors (Lipinski definition) is 4. The molecule has 0 bridgehead atoms. The minimum atomic E-state index is -0.947. The van der Waals surface area contributed by atoms with Crippen molar-refractivity contribution in [3.63, 3.8) is 0 Å². The molecule has 0 saturated carbocycles. The van der Waals surface area contributed by atoms with E-state index in [1.54, 1.807) is 6.08 Å². The Balaban J connectivity index is 3.59. The molecule has 0 spiro atoms. The molecule has 0 aromatic rings. The van der Waals surface area contributed by atoms with Crippen LogP contribution in [-0.4, -0.2) is 46.1 Å². The molecule has 0 rings (SSSR count). The Bertz CT molecular complexity index is 768. The highest BCUT2D eigenvalue weighted by Gasteiger charge is 2.20. The molecule has 0 radical (unpaired) electrons. The maximum Gasteiger partial charge on any atom is 0.222 e. The summed E-state index contributed by atoms with van der Waals surface area (Å²) in [4.78, 5) is 12.4. The molecule has 52 heavy (non-hydrogen) atoms. The SMILES string of the molecule is CCCCCCCCC/C=C/CC/C=C/C(O)C(CO)NC(=O)CC(O)CCCCCCCCCCCCCCCCCCCCCCCCCC. The van der Waals surface area contributed by atoms with Crippen molar-refractivity contribution in [2.24, 2.45) is 0 Å². The third-order valence-electron chi connectivity index (χ3n) is 10.7. The fourth-order valence-corrected chi connectivity index (χ4v) is 7.18. The van der Waals surface area contributed by atoms with Gasteiger partial charge >= 0.3 is 0 Å². The molecule has 1 amide bonds. The lowest BCUT2D eigenvalue weighted by Crippen LogP contribution is -2.45. The average Bonchev–Trinajstić information content (AvgIpc) is 3.14. The Morgan fingerprint density at radius 2 is 0.827 bits per heavy atom. The van der Waals surface area contributed by atoms with Crippen LogP contribution in [-0.2, 0) is 4.79 Å². The fraction of sp³-hybridized carbons (Fsp3) is 0.894. The second-order valence-electron chi connectivity index (χ2n) is 16.0. The third kappa shape index (κ3) is 38.6. The molecule has 0 aliphatic rings. The predicted molar refractivity (Wildman–Crippen MR) is 227 cm³/mol. The van der Waals surface area contributed by atoms with Crippen molar-refractivity contribution in [1.29, 1.82) is 0 Å². The molecular formula is C47H91NO4. The quantitative estimate of drug-likeness (QED) is 0.0371. The summed E-state index contributed by atoms with van der Waals surface area (Å²) in [5.41, 5.74) is 0. The van der Waals surface area contributed by atoms with Crippen molar-refractivity contribution in [1.82, 2.24) is 5.32 Å². The van der Waals surface area contributed by atoms with Crippen LogP contribution in [0.25, 0.3) is 0 Å². The van der Waals surface area contributed by atoms with Gasteiger partial charge in [-0.25, -0.2) is 0 Å². The smallest absolute Gasteiger partial charge is 0.222 e. The van der Waals surface area contributed by atoms with Crippen LogP contribution in [0, 0.1) is 0 Å². The molecule has 3 atom stereocenters. The first-order valence-electron chi connectivity index (χ1n) is 23.1. The Kier molecular flexibility index (Phi) is 41.6. The van der Waals surface area contributed by atoms with Crippen LogP contribution in [0.3, 0.4) is 0 Å². The van der Waals surface area contributed by atoms with Gasteiger partial charge in [0.2, 0.25) is 5.91 Å². The van der Waals surface area contributed by atoms with Crippen LogP contribution in [0.15, 0.2) is 24.3 Å². The Morgan fingerprint density at radius 3 is 1.23 bits per heavy atom. The Morgan fingerprint density at radius 1 is 0.481 bits per heavy atom. The largest absolute Gasteiger partial charge is 0.394 e. The molecule has 3 unspecified atom stereocenters. The van der Waals surface area contributed by atoms with Gasteiger partial charge in [-0.2, -0.15) is 0 Å². The summed E-state index contributed by atoms with van der Waals surface area (Å²) in [6.45, 7) is 4.20. The van der Waals surface area contributed by atoms with Crippen molar-refractivity contribution in [2.75, 3.05) is 6.61 Å². The number of carbonyl (C=O) groups excluding carboxylic acids is 1. The minimum absolute atomic E-state index is 0.00975. The lowest BCUT2D eigenvalue weighted by atomic mass is 10.0. The summed E-state index contributed by atoms with van der Waals surface area (Å²) in [6, 6.07) is -0.757. The molecule has 0 aromatic heterocycles. The lowest BCUT2D eigenvalue weighted by Gasteiger charge is -2.21. The third-order valence-corrected chi connectivity index (χ3v) is 10.7. The van der Waals surface area contributed by atoms with E-state index < -0.39 is 18.2 Å². The van der Waals surface area contributed by atoms with Gasteiger partial charge in [0.15, 0.2) is 0 Å². The summed E-state index contributed by atoms with van der Waals surface area (Å²) in [7, 11) is 0.